The Balaban J connectivity index is 2.49. The molecule has 1 rings (SSSR count). The smallest absolute Gasteiger partial charge is 0.118 e. The number of nitrogens with one attached hydrogen (secondary N) is 1. The maximum absolute atomic E-state index is 5.54. The zero-order valence-corrected chi connectivity index (χ0v) is 10.2. The topological polar surface area (TPSA) is 47.3 Å². The number of hydrogen-bond acceptors (Lipinski definition) is 3. The van der Waals surface area contributed by atoms with Crippen LogP contribution in [0.2, 0.25) is 0 Å². The summed E-state index contributed by atoms with van der Waals surface area (Å²) in [5.74, 6) is 6.44. The highest BCUT2D eigenvalue weighted by atomic mass is 16.5. The van der Waals surface area contributed by atoms with E-state index in [1.165, 1.54) is 18.4 Å². The molecule has 3 nitrogen and oxygen atoms in total. The Morgan fingerprint density at radius 2 is 2.00 bits per heavy atom. The van der Waals surface area contributed by atoms with E-state index in [0.717, 1.165) is 18.6 Å². The van der Waals surface area contributed by atoms with Crippen LogP contribution in [0.3, 0.4) is 0 Å². The highest BCUT2D eigenvalue weighted by Gasteiger charge is 2.06. The average molecular weight is 222 g/mol. The zero-order valence-electron chi connectivity index (χ0n) is 10.2. The molecule has 1 unspecified atom stereocenters. The van der Waals surface area contributed by atoms with E-state index in [1.807, 2.05) is 12.1 Å². The van der Waals surface area contributed by atoms with Crippen LogP contribution < -0.4 is 16.0 Å². The van der Waals surface area contributed by atoms with Gasteiger partial charge in [0.1, 0.15) is 5.75 Å². The van der Waals surface area contributed by atoms with Gasteiger partial charge in [-0.25, -0.2) is 0 Å². The molecule has 0 saturated heterocycles. The summed E-state index contributed by atoms with van der Waals surface area (Å²) < 4.78 is 5.13. The van der Waals surface area contributed by atoms with E-state index >= 15 is 0 Å². The molecule has 0 saturated carbocycles. The Labute approximate surface area is 98.0 Å². The number of unbranched alkanes of at least 4 members (excludes halogenated alkanes) is 1. The molecule has 90 valence electrons. The fraction of sp³-hybridized carbons (Fsp3) is 0.538. The van der Waals surface area contributed by atoms with E-state index in [9.17, 15) is 0 Å². The molecule has 0 radical (unpaired) electrons. The van der Waals surface area contributed by atoms with Crippen molar-refractivity contribution in [2.45, 2.75) is 38.6 Å². The Morgan fingerprint density at radius 3 is 2.50 bits per heavy atom. The van der Waals surface area contributed by atoms with Gasteiger partial charge in [-0.15, -0.1) is 0 Å². The molecule has 16 heavy (non-hydrogen) atoms. The largest absolute Gasteiger partial charge is 0.497 e. The van der Waals surface area contributed by atoms with Gasteiger partial charge in [0.15, 0.2) is 0 Å². The average Bonchev–Trinajstić information content (AvgIpc) is 2.35. The molecule has 0 aliphatic rings. The SMILES string of the molecule is CCCCC(Cc1ccc(OC)cc1)NN. The van der Waals surface area contributed by atoms with Gasteiger partial charge >= 0.3 is 0 Å². The van der Waals surface area contributed by atoms with Crippen molar-refractivity contribution < 1.29 is 4.74 Å². The maximum Gasteiger partial charge on any atom is 0.118 e. The number of rotatable bonds is 7. The molecule has 0 aromatic heterocycles. The second-order valence-corrected chi connectivity index (χ2v) is 4.06. The van der Waals surface area contributed by atoms with Crippen LogP contribution in [0.4, 0.5) is 0 Å². The molecule has 1 aromatic rings. The van der Waals surface area contributed by atoms with Crippen molar-refractivity contribution in [2.24, 2.45) is 5.84 Å². The third kappa shape index (κ3) is 4.21. The molecule has 0 amide bonds. The van der Waals surface area contributed by atoms with Crippen LogP contribution in [0.15, 0.2) is 24.3 Å². The third-order valence-corrected chi connectivity index (χ3v) is 2.78. The second-order valence-electron chi connectivity index (χ2n) is 4.06. The lowest BCUT2D eigenvalue weighted by Gasteiger charge is -2.15. The first-order valence-corrected chi connectivity index (χ1v) is 5.89. The fourth-order valence-electron chi connectivity index (χ4n) is 1.74. The van der Waals surface area contributed by atoms with Crippen LogP contribution in [-0.2, 0) is 6.42 Å². The summed E-state index contributed by atoms with van der Waals surface area (Å²) in [5, 5.41) is 0. The predicted molar refractivity (Wildman–Crippen MR) is 67.3 cm³/mol. The molecule has 1 atom stereocenters. The van der Waals surface area contributed by atoms with Gasteiger partial charge in [-0.1, -0.05) is 31.9 Å². The highest BCUT2D eigenvalue weighted by Crippen LogP contribution is 2.14. The second kappa shape index (κ2) is 7.25. The third-order valence-electron chi connectivity index (χ3n) is 2.78. The number of benzene rings is 1. The van der Waals surface area contributed by atoms with Crippen molar-refractivity contribution >= 4 is 0 Å². The predicted octanol–water partition coefficient (Wildman–Crippen LogP) is 2.26. The maximum atomic E-state index is 5.54. The van der Waals surface area contributed by atoms with E-state index in [4.69, 9.17) is 10.6 Å². The highest BCUT2D eigenvalue weighted by molar-refractivity contribution is 5.27. The normalized spacial score (nSPS) is 12.4. The Morgan fingerprint density at radius 1 is 1.31 bits per heavy atom. The molecule has 3 N–H and O–H groups in total. The molecule has 0 aliphatic carbocycles. The minimum Gasteiger partial charge on any atom is -0.497 e. The molecular weight excluding hydrogens is 200 g/mol. The summed E-state index contributed by atoms with van der Waals surface area (Å²) in [6.45, 7) is 2.20. The summed E-state index contributed by atoms with van der Waals surface area (Å²) in [6.07, 6.45) is 4.52. The van der Waals surface area contributed by atoms with E-state index in [2.05, 4.69) is 24.5 Å². The number of ether oxygens (including phenoxy) is 1. The molecule has 0 fully saturated rings. The zero-order chi connectivity index (χ0) is 11.8. The van der Waals surface area contributed by atoms with Gasteiger partial charge in [0.2, 0.25) is 0 Å². The van der Waals surface area contributed by atoms with Gasteiger partial charge < -0.3 is 4.74 Å². The Bertz CT molecular complexity index is 284. The quantitative estimate of drug-likeness (QED) is 0.549. The summed E-state index contributed by atoms with van der Waals surface area (Å²) in [4.78, 5) is 0. The van der Waals surface area contributed by atoms with Crippen molar-refractivity contribution in [3.05, 3.63) is 29.8 Å². The lowest BCUT2D eigenvalue weighted by molar-refractivity contribution is 0.414. The van der Waals surface area contributed by atoms with Gasteiger partial charge in [0.25, 0.3) is 0 Å². The van der Waals surface area contributed by atoms with Crippen LogP contribution in [0.5, 0.6) is 5.75 Å². The lowest BCUT2D eigenvalue weighted by atomic mass is 10.0. The van der Waals surface area contributed by atoms with Gasteiger partial charge in [0.05, 0.1) is 7.11 Å². The fourth-order valence-corrected chi connectivity index (χ4v) is 1.74. The van der Waals surface area contributed by atoms with E-state index in [1.54, 1.807) is 7.11 Å². The molecule has 0 heterocycles. The lowest BCUT2D eigenvalue weighted by Crippen LogP contribution is -2.36. The molecule has 1 aromatic carbocycles. The van der Waals surface area contributed by atoms with Crippen LogP contribution in [-0.4, -0.2) is 13.2 Å². The Kier molecular flexibility index (Phi) is 5.90. The molecular formula is C13H22N2O. The van der Waals surface area contributed by atoms with E-state index in [-0.39, 0.29) is 0 Å². The number of hydrogen-bond donors (Lipinski definition) is 2. The number of methoxy groups -OCH3 is 1. The monoisotopic (exact) mass is 222 g/mol. The van der Waals surface area contributed by atoms with Gasteiger partial charge in [-0.05, 0) is 30.5 Å². The molecule has 3 heteroatoms. The summed E-state index contributed by atoms with van der Waals surface area (Å²) >= 11 is 0. The number of nitrogens with two attached hydrogens (primary N) is 1. The summed E-state index contributed by atoms with van der Waals surface area (Å²) in [5.41, 5.74) is 4.17. The molecule has 0 aliphatic heterocycles. The van der Waals surface area contributed by atoms with Gasteiger partial charge in [-0.3, -0.25) is 11.3 Å². The minimum absolute atomic E-state index is 0.369. The minimum atomic E-state index is 0.369. The van der Waals surface area contributed by atoms with Crippen LogP contribution >= 0.6 is 0 Å². The van der Waals surface area contributed by atoms with Crippen molar-refractivity contribution in [3.8, 4) is 5.75 Å². The van der Waals surface area contributed by atoms with Crippen molar-refractivity contribution in [2.75, 3.05) is 7.11 Å². The van der Waals surface area contributed by atoms with Crippen LogP contribution in [0, 0.1) is 0 Å². The Hall–Kier alpha value is -1.06. The van der Waals surface area contributed by atoms with Gasteiger partial charge in [-0.2, -0.15) is 0 Å². The molecule has 0 spiro atoms. The summed E-state index contributed by atoms with van der Waals surface area (Å²) in [6, 6.07) is 8.53. The molecule has 0 bridgehead atoms. The van der Waals surface area contributed by atoms with E-state index < -0.39 is 0 Å². The standard InChI is InChI=1S/C13H22N2O/c1-3-4-5-12(15-14)10-11-6-8-13(16-2)9-7-11/h6-9,12,15H,3-5,10,14H2,1-2H3. The number of hydrazine groups is 1. The summed E-state index contributed by atoms with van der Waals surface area (Å²) in [7, 11) is 1.68. The van der Waals surface area contributed by atoms with Crippen molar-refractivity contribution in [1.82, 2.24) is 5.43 Å². The first kappa shape index (κ1) is 13.0. The first-order chi connectivity index (χ1) is 7.80. The van der Waals surface area contributed by atoms with E-state index in [0.29, 0.717) is 6.04 Å². The van der Waals surface area contributed by atoms with Crippen molar-refractivity contribution in [3.63, 3.8) is 0 Å². The van der Waals surface area contributed by atoms with Crippen molar-refractivity contribution in [1.29, 1.82) is 0 Å². The van der Waals surface area contributed by atoms with Crippen LogP contribution in [0.1, 0.15) is 31.7 Å². The van der Waals surface area contributed by atoms with Gasteiger partial charge in [0, 0.05) is 6.04 Å². The first-order valence-electron chi connectivity index (χ1n) is 5.89. The van der Waals surface area contributed by atoms with Crippen LogP contribution in [0.25, 0.3) is 0 Å².